The maximum atomic E-state index is 13.6. The molecular formula is C15H9ClFNO3. The number of halogens is 2. The van der Waals surface area contributed by atoms with E-state index < -0.39 is 17.6 Å². The average Bonchev–Trinajstić information content (AvgIpc) is 2.71. The van der Waals surface area contributed by atoms with Crippen molar-refractivity contribution in [2.45, 2.75) is 0 Å². The fourth-order valence-electron chi connectivity index (χ4n) is 2.08. The van der Waals surface area contributed by atoms with Crippen molar-refractivity contribution in [1.29, 1.82) is 0 Å². The van der Waals surface area contributed by atoms with Crippen LogP contribution >= 0.6 is 11.6 Å². The van der Waals surface area contributed by atoms with Crippen molar-refractivity contribution in [3.63, 3.8) is 0 Å². The molecule has 2 amide bonds. The van der Waals surface area contributed by atoms with E-state index in [4.69, 9.17) is 16.3 Å². The second-order valence-electron chi connectivity index (χ2n) is 4.43. The number of hydrogen-bond donors (Lipinski definition) is 0. The third-order valence-corrected chi connectivity index (χ3v) is 3.36. The number of hydrogen-bond acceptors (Lipinski definition) is 3. The third kappa shape index (κ3) is 2.36. The van der Waals surface area contributed by atoms with Crippen LogP contribution in [0.2, 0.25) is 5.02 Å². The lowest BCUT2D eigenvalue weighted by Gasteiger charge is -2.15. The predicted molar refractivity (Wildman–Crippen MR) is 73.8 cm³/mol. The molecule has 0 unspecified atom stereocenters. The zero-order valence-corrected chi connectivity index (χ0v) is 11.4. The van der Waals surface area contributed by atoms with Crippen molar-refractivity contribution in [3.05, 3.63) is 64.4 Å². The van der Waals surface area contributed by atoms with Crippen molar-refractivity contribution in [1.82, 2.24) is 4.90 Å². The van der Waals surface area contributed by atoms with Gasteiger partial charge in [-0.25, -0.2) is 9.29 Å². The van der Waals surface area contributed by atoms with Gasteiger partial charge in [0, 0.05) is 5.02 Å². The minimum atomic E-state index is -0.654. The van der Waals surface area contributed by atoms with Crippen LogP contribution in [0.3, 0.4) is 0 Å². The number of rotatable bonds is 3. The Morgan fingerprint density at radius 3 is 2.24 bits per heavy atom. The van der Waals surface area contributed by atoms with E-state index in [-0.39, 0.29) is 17.5 Å². The first-order valence-corrected chi connectivity index (χ1v) is 6.49. The molecule has 0 saturated carbocycles. The minimum absolute atomic E-state index is 0.0732. The molecule has 3 rings (SSSR count). The van der Waals surface area contributed by atoms with Gasteiger partial charge in [-0.2, -0.15) is 0 Å². The number of imide groups is 1. The van der Waals surface area contributed by atoms with E-state index >= 15 is 0 Å². The summed E-state index contributed by atoms with van der Waals surface area (Å²) in [6.07, 6.45) is 0. The fourth-order valence-corrected chi connectivity index (χ4v) is 2.24. The lowest BCUT2D eigenvalue weighted by Crippen LogP contribution is -2.33. The molecule has 21 heavy (non-hydrogen) atoms. The van der Waals surface area contributed by atoms with Crippen LogP contribution < -0.4 is 4.74 Å². The topological polar surface area (TPSA) is 46.6 Å². The summed E-state index contributed by atoms with van der Waals surface area (Å²) in [4.78, 5) is 25.1. The van der Waals surface area contributed by atoms with Gasteiger partial charge in [0.25, 0.3) is 11.8 Å². The zero-order chi connectivity index (χ0) is 15.0. The van der Waals surface area contributed by atoms with Gasteiger partial charge in [-0.05, 0) is 30.3 Å². The Kier molecular flexibility index (Phi) is 3.35. The number of ether oxygens (including phenoxy) is 1. The smallest absolute Gasteiger partial charge is 0.264 e. The molecule has 4 nitrogen and oxygen atoms in total. The zero-order valence-electron chi connectivity index (χ0n) is 10.7. The van der Waals surface area contributed by atoms with Crippen LogP contribution in [0.5, 0.6) is 5.75 Å². The molecule has 0 fully saturated rings. The molecule has 1 heterocycles. The third-order valence-electron chi connectivity index (χ3n) is 3.12. The standard InChI is InChI=1S/C15H9ClFNO3/c16-9-5-6-13(12(17)7-9)21-8-18-14(19)10-3-1-2-4-11(10)15(18)20/h1-7H,8H2. The van der Waals surface area contributed by atoms with Crippen LogP contribution in [-0.4, -0.2) is 23.4 Å². The van der Waals surface area contributed by atoms with Crippen LogP contribution in [0.4, 0.5) is 4.39 Å². The Morgan fingerprint density at radius 1 is 1.05 bits per heavy atom. The molecule has 106 valence electrons. The maximum Gasteiger partial charge on any atom is 0.264 e. The van der Waals surface area contributed by atoms with Gasteiger partial charge in [0.05, 0.1) is 11.1 Å². The summed E-state index contributed by atoms with van der Waals surface area (Å²) in [5, 5.41) is 0.237. The van der Waals surface area contributed by atoms with Gasteiger partial charge in [-0.3, -0.25) is 9.59 Å². The first-order valence-electron chi connectivity index (χ1n) is 6.11. The number of carbonyl (C=O) groups excluding carboxylic acids is 2. The summed E-state index contributed by atoms with van der Waals surface area (Å²) in [5.74, 6) is -1.63. The number of nitrogens with zero attached hydrogens (tertiary/aromatic N) is 1. The molecule has 0 N–H and O–H groups in total. The van der Waals surface area contributed by atoms with E-state index in [0.29, 0.717) is 11.1 Å². The molecule has 0 spiro atoms. The first kappa shape index (κ1) is 13.6. The quantitative estimate of drug-likeness (QED) is 0.819. The van der Waals surface area contributed by atoms with Gasteiger partial charge in [0.1, 0.15) is 0 Å². The molecule has 0 radical (unpaired) electrons. The molecule has 2 aromatic carbocycles. The highest BCUT2D eigenvalue weighted by Crippen LogP contribution is 2.24. The van der Waals surface area contributed by atoms with E-state index in [1.807, 2.05) is 0 Å². The second kappa shape index (κ2) is 5.18. The summed E-state index contributed by atoms with van der Waals surface area (Å²) < 4.78 is 18.8. The lowest BCUT2D eigenvalue weighted by atomic mass is 10.1. The van der Waals surface area contributed by atoms with Gasteiger partial charge in [0.15, 0.2) is 18.3 Å². The molecule has 0 bridgehead atoms. The fraction of sp³-hybridized carbons (Fsp3) is 0.0667. The van der Waals surface area contributed by atoms with Crippen LogP contribution in [-0.2, 0) is 0 Å². The highest BCUT2D eigenvalue weighted by Gasteiger charge is 2.35. The Morgan fingerprint density at radius 2 is 1.67 bits per heavy atom. The van der Waals surface area contributed by atoms with Crippen LogP contribution in [0.15, 0.2) is 42.5 Å². The Labute approximate surface area is 124 Å². The van der Waals surface area contributed by atoms with Crippen LogP contribution in [0, 0.1) is 5.82 Å². The number of fused-ring (bicyclic) bond motifs is 1. The van der Waals surface area contributed by atoms with Crippen LogP contribution in [0.1, 0.15) is 20.7 Å². The second-order valence-corrected chi connectivity index (χ2v) is 4.87. The minimum Gasteiger partial charge on any atom is -0.469 e. The number of benzene rings is 2. The monoisotopic (exact) mass is 305 g/mol. The normalized spacial score (nSPS) is 13.5. The molecule has 2 aromatic rings. The summed E-state index contributed by atoms with van der Waals surface area (Å²) >= 11 is 5.64. The Bertz CT molecular complexity index is 712. The Hall–Kier alpha value is -2.40. The van der Waals surface area contributed by atoms with E-state index in [1.54, 1.807) is 24.3 Å². The van der Waals surface area contributed by atoms with E-state index in [9.17, 15) is 14.0 Å². The molecule has 6 heteroatoms. The predicted octanol–water partition coefficient (Wildman–Crippen LogP) is 3.11. The summed E-state index contributed by atoms with van der Waals surface area (Å²) in [5.41, 5.74) is 0.644. The van der Waals surface area contributed by atoms with E-state index in [1.165, 1.54) is 12.1 Å². The van der Waals surface area contributed by atoms with Crippen molar-refractivity contribution in [3.8, 4) is 5.75 Å². The molecule has 0 aromatic heterocycles. The van der Waals surface area contributed by atoms with E-state index in [0.717, 1.165) is 11.0 Å². The highest BCUT2D eigenvalue weighted by molar-refractivity contribution is 6.30. The van der Waals surface area contributed by atoms with Gasteiger partial charge in [0.2, 0.25) is 0 Å². The summed E-state index contributed by atoms with van der Waals surface area (Å²) in [6, 6.07) is 10.4. The van der Waals surface area contributed by atoms with Crippen molar-refractivity contribution < 1.29 is 18.7 Å². The number of amides is 2. The Balaban J connectivity index is 1.78. The van der Waals surface area contributed by atoms with Gasteiger partial charge >= 0.3 is 0 Å². The largest absolute Gasteiger partial charge is 0.469 e. The van der Waals surface area contributed by atoms with Gasteiger partial charge in [-0.15, -0.1) is 0 Å². The average molecular weight is 306 g/mol. The SMILES string of the molecule is O=C1c2ccccc2C(=O)N1COc1ccc(Cl)cc1F. The first-order chi connectivity index (χ1) is 10.1. The maximum absolute atomic E-state index is 13.6. The van der Waals surface area contributed by atoms with Crippen molar-refractivity contribution in [2.24, 2.45) is 0 Å². The molecule has 0 atom stereocenters. The summed E-state index contributed by atoms with van der Waals surface area (Å²) in [7, 11) is 0. The molecule has 1 aliphatic heterocycles. The van der Waals surface area contributed by atoms with Gasteiger partial charge < -0.3 is 4.74 Å². The van der Waals surface area contributed by atoms with Crippen molar-refractivity contribution >= 4 is 23.4 Å². The molecule has 1 aliphatic rings. The lowest BCUT2D eigenvalue weighted by molar-refractivity contribution is 0.0517. The molecular weight excluding hydrogens is 297 g/mol. The highest BCUT2D eigenvalue weighted by atomic mass is 35.5. The van der Waals surface area contributed by atoms with Crippen molar-refractivity contribution in [2.75, 3.05) is 6.73 Å². The molecule has 0 saturated heterocycles. The van der Waals surface area contributed by atoms with E-state index in [2.05, 4.69) is 0 Å². The molecule has 0 aliphatic carbocycles. The van der Waals surface area contributed by atoms with Crippen LogP contribution in [0.25, 0.3) is 0 Å². The number of carbonyl (C=O) groups is 2. The van der Waals surface area contributed by atoms with Gasteiger partial charge in [-0.1, -0.05) is 23.7 Å². The summed E-state index contributed by atoms with van der Waals surface area (Å²) in [6.45, 7) is -0.356.